The highest BCUT2D eigenvalue weighted by Crippen LogP contribution is 2.24. The van der Waals surface area contributed by atoms with Crippen molar-refractivity contribution in [3.05, 3.63) is 48.7 Å². The summed E-state index contributed by atoms with van der Waals surface area (Å²) >= 11 is 1.55. The predicted molar refractivity (Wildman–Crippen MR) is 104 cm³/mol. The minimum atomic E-state index is -0.167. The number of carbonyl (C=O) groups excluding carboxylic acids is 1. The standard InChI is InChI=1S/C19H24N4OS/c1-15(25-17-6-4-3-5-7-17)19(24)21-16-8-9-18(20-14-16)23-12-10-22(2)11-13-23/h3-9,14-15H,10-13H2,1-2H3,(H,21,24). The maximum Gasteiger partial charge on any atom is 0.237 e. The first kappa shape index (κ1) is 17.8. The molecule has 1 aromatic heterocycles. The van der Waals surface area contributed by atoms with E-state index in [0.717, 1.165) is 42.6 Å². The Hall–Kier alpha value is -2.05. The second-order valence-electron chi connectivity index (χ2n) is 6.26. The van der Waals surface area contributed by atoms with Gasteiger partial charge in [0.1, 0.15) is 5.82 Å². The predicted octanol–water partition coefficient (Wildman–Crippen LogP) is 2.95. The molecule has 1 atom stereocenters. The SMILES string of the molecule is CC(Sc1ccccc1)C(=O)Nc1ccc(N2CCN(C)CC2)nc1. The third kappa shape index (κ3) is 4.96. The largest absolute Gasteiger partial charge is 0.354 e. The zero-order valence-corrected chi connectivity index (χ0v) is 15.5. The summed E-state index contributed by atoms with van der Waals surface area (Å²) in [7, 11) is 2.14. The molecule has 0 radical (unpaired) electrons. The van der Waals surface area contributed by atoms with Gasteiger partial charge < -0.3 is 15.1 Å². The average molecular weight is 356 g/mol. The Bertz CT molecular complexity index is 684. The highest BCUT2D eigenvalue weighted by Gasteiger charge is 2.17. The van der Waals surface area contributed by atoms with E-state index in [1.54, 1.807) is 18.0 Å². The summed E-state index contributed by atoms with van der Waals surface area (Å²) in [5, 5.41) is 2.78. The lowest BCUT2D eigenvalue weighted by Gasteiger charge is -2.33. The van der Waals surface area contributed by atoms with Gasteiger partial charge in [-0.1, -0.05) is 18.2 Å². The van der Waals surface area contributed by atoms with E-state index in [1.165, 1.54) is 0 Å². The van der Waals surface area contributed by atoms with Crippen LogP contribution in [-0.4, -0.2) is 54.3 Å². The summed E-state index contributed by atoms with van der Waals surface area (Å²) in [5.74, 6) is 0.959. The van der Waals surface area contributed by atoms with Gasteiger partial charge in [0.05, 0.1) is 17.1 Å². The van der Waals surface area contributed by atoms with Crippen LogP contribution in [0.2, 0.25) is 0 Å². The summed E-state index contributed by atoms with van der Waals surface area (Å²) in [6.07, 6.45) is 1.74. The first-order chi connectivity index (χ1) is 12.1. The van der Waals surface area contributed by atoms with Crippen LogP contribution in [0, 0.1) is 0 Å². The third-order valence-corrected chi connectivity index (χ3v) is 5.38. The van der Waals surface area contributed by atoms with Crippen molar-refractivity contribution in [2.24, 2.45) is 0 Å². The lowest BCUT2D eigenvalue weighted by Crippen LogP contribution is -2.44. The molecule has 1 unspecified atom stereocenters. The van der Waals surface area contributed by atoms with Gasteiger partial charge in [-0.05, 0) is 38.2 Å². The van der Waals surface area contributed by atoms with Crippen molar-refractivity contribution in [2.75, 3.05) is 43.4 Å². The second kappa shape index (κ2) is 8.36. The number of hydrogen-bond acceptors (Lipinski definition) is 5. The Balaban J connectivity index is 1.54. The van der Waals surface area contributed by atoms with Gasteiger partial charge >= 0.3 is 0 Å². The van der Waals surface area contributed by atoms with E-state index in [9.17, 15) is 4.79 Å². The number of piperazine rings is 1. The summed E-state index contributed by atoms with van der Waals surface area (Å²) in [4.78, 5) is 22.6. The average Bonchev–Trinajstić information content (AvgIpc) is 2.64. The lowest BCUT2D eigenvalue weighted by atomic mass is 10.3. The van der Waals surface area contributed by atoms with Crippen LogP contribution in [0.5, 0.6) is 0 Å². The fourth-order valence-electron chi connectivity index (χ4n) is 2.68. The number of carbonyl (C=O) groups is 1. The van der Waals surface area contributed by atoms with Gasteiger partial charge in [0.2, 0.25) is 5.91 Å². The van der Waals surface area contributed by atoms with Crippen molar-refractivity contribution in [2.45, 2.75) is 17.1 Å². The molecule has 25 heavy (non-hydrogen) atoms. The van der Waals surface area contributed by atoms with Crippen molar-refractivity contribution < 1.29 is 4.79 Å². The van der Waals surface area contributed by atoms with E-state index in [0.29, 0.717) is 0 Å². The van der Waals surface area contributed by atoms with Crippen molar-refractivity contribution in [1.82, 2.24) is 9.88 Å². The molecule has 1 aliphatic heterocycles. The molecule has 1 saturated heterocycles. The van der Waals surface area contributed by atoms with Crippen molar-refractivity contribution >= 4 is 29.2 Å². The maximum atomic E-state index is 12.4. The van der Waals surface area contributed by atoms with Crippen molar-refractivity contribution in [3.8, 4) is 0 Å². The van der Waals surface area contributed by atoms with Crippen molar-refractivity contribution in [1.29, 1.82) is 0 Å². The third-order valence-electron chi connectivity index (χ3n) is 4.27. The highest BCUT2D eigenvalue weighted by atomic mass is 32.2. The van der Waals surface area contributed by atoms with Crippen LogP contribution < -0.4 is 10.2 Å². The topological polar surface area (TPSA) is 48.5 Å². The van der Waals surface area contributed by atoms with Gasteiger partial charge in [-0.3, -0.25) is 4.79 Å². The molecule has 1 aliphatic rings. The van der Waals surface area contributed by atoms with Gasteiger partial charge in [-0.2, -0.15) is 0 Å². The number of pyridine rings is 1. The Morgan fingerprint density at radius 1 is 1.12 bits per heavy atom. The molecular formula is C19H24N4OS. The zero-order chi connectivity index (χ0) is 17.6. The summed E-state index contributed by atoms with van der Waals surface area (Å²) in [6, 6.07) is 13.9. The molecule has 5 nitrogen and oxygen atoms in total. The lowest BCUT2D eigenvalue weighted by molar-refractivity contribution is -0.115. The van der Waals surface area contributed by atoms with Gasteiger partial charge in [-0.15, -0.1) is 11.8 Å². The van der Waals surface area contributed by atoms with Gasteiger partial charge in [0.15, 0.2) is 0 Å². The van der Waals surface area contributed by atoms with E-state index in [-0.39, 0.29) is 11.2 Å². The number of nitrogens with one attached hydrogen (secondary N) is 1. The summed E-state index contributed by atoms with van der Waals surface area (Å²) < 4.78 is 0. The normalized spacial score (nSPS) is 16.5. The van der Waals surface area contributed by atoms with Gasteiger partial charge in [0.25, 0.3) is 0 Å². The number of hydrogen-bond donors (Lipinski definition) is 1. The number of thioether (sulfide) groups is 1. The van der Waals surface area contributed by atoms with Gasteiger partial charge in [-0.25, -0.2) is 4.98 Å². The number of likely N-dealkylation sites (N-methyl/N-ethyl adjacent to an activating group) is 1. The molecule has 1 N–H and O–H groups in total. The van der Waals surface area contributed by atoms with E-state index in [2.05, 4.69) is 27.1 Å². The van der Waals surface area contributed by atoms with E-state index in [1.807, 2.05) is 49.4 Å². The molecule has 2 aromatic rings. The van der Waals surface area contributed by atoms with Crippen molar-refractivity contribution in [3.63, 3.8) is 0 Å². The molecule has 3 rings (SSSR count). The smallest absolute Gasteiger partial charge is 0.237 e. The number of rotatable bonds is 5. The van der Waals surface area contributed by atoms with Crippen LogP contribution in [0.4, 0.5) is 11.5 Å². The first-order valence-corrected chi connectivity index (χ1v) is 9.42. The summed E-state index contributed by atoms with van der Waals surface area (Å²) in [6.45, 7) is 5.99. The first-order valence-electron chi connectivity index (χ1n) is 8.54. The number of amides is 1. The fraction of sp³-hybridized carbons (Fsp3) is 0.368. The molecule has 0 saturated carbocycles. The zero-order valence-electron chi connectivity index (χ0n) is 14.7. The number of nitrogens with zero attached hydrogens (tertiary/aromatic N) is 3. The Morgan fingerprint density at radius 2 is 1.84 bits per heavy atom. The minimum Gasteiger partial charge on any atom is -0.354 e. The molecule has 132 valence electrons. The van der Waals surface area contributed by atoms with Crippen LogP contribution in [-0.2, 0) is 4.79 Å². The maximum absolute atomic E-state index is 12.4. The van der Waals surface area contributed by atoms with E-state index < -0.39 is 0 Å². The van der Waals surface area contributed by atoms with E-state index >= 15 is 0 Å². The Morgan fingerprint density at radius 3 is 2.48 bits per heavy atom. The monoisotopic (exact) mass is 356 g/mol. The molecule has 1 aromatic carbocycles. The molecule has 1 fully saturated rings. The second-order valence-corrected chi connectivity index (χ2v) is 7.67. The minimum absolute atomic E-state index is 0.0111. The van der Waals surface area contributed by atoms with Crippen LogP contribution >= 0.6 is 11.8 Å². The molecule has 0 spiro atoms. The van der Waals surface area contributed by atoms with Crippen LogP contribution in [0.3, 0.4) is 0 Å². The molecule has 2 heterocycles. The number of anilines is 2. The van der Waals surface area contributed by atoms with E-state index in [4.69, 9.17) is 0 Å². The molecule has 0 bridgehead atoms. The van der Waals surface area contributed by atoms with Gasteiger partial charge in [0, 0.05) is 31.1 Å². The molecular weight excluding hydrogens is 332 g/mol. The molecule has 1 amide bonds. The summed E-state index contributed by atoms with van der Waals surface area (Å²) in [5.41, 5.74) is 0.739. The Kier molecular flexibility index (Phi) is 5.94. The van der Waals surface area contributed by atoms with Crippen LogP contribution in [0.1, 0.15) is 6.92 Å². The number of aromatic nitrogens is 1. The highest BCUT2D eigenvalue weighted by molar-refractivity contribution is 8.00. The number of benzene rings is 1. The van der Waals surface area contributed by atoms with Crippen LogP contribution in [0.15, 0.2) is 53.6 Å². The Labute approximate surface area is 153 Å². The quantitative estimate of drug-likeness (QED) is 0.835. The molecule has 0 aliphatic carbocycles. The fourth-order valence-corrected chi connectivity index (χ4v) is 3.57. The molecule has 6 heteroatoms. The van der Waals surface area contributed by atoms with Crippen LogP contribution in [0.25, 0.3) is 0 Å².